The second-order valence-corrected chi connectivity index (χ2v) is 23.6. The van der Waals surface area contributed by atoms with Gasteiger partial charge in [-0.25, -0.2) is 0 Å². The lowest BCUT2D eigenvalue weighted by Gasteiger charge is -2.71. The number of aliphatic hydroxyl groups excluding tert-OH is 6. The molecule has 18 nitrogen and oxygen atoms in total. The molecule has 7 N–H and O–H groups in total. The predicted molar refractivity (Wildman–Crippen MR) is 238 cm³/mol. The number of hydrogen-bond acceptors (Lipinski definition) is 17. The van der Waals surface area contributed by atoms with Crippen molar-refractivity contribution < 1.29 is 88.0 Å². The monoisotopic (exact) mass is 967 g/mol. The summed E-state index contributed by atoms with van der Waals surface area (Å²) < 4.78 is 47.1. The Balaban J connectivity index is 1.00. The van der Waals surface area contributed by atoms with Gasteiger partial charge in [-0.2, -0.15) is 0 Å². The Morgan fingerprint density at radius 3 is 2.01 bits per heavy atom. The summed E-state index contributed by atoms with van der Waals surface area (Å²) >= 11 is 0. The van der Waals surface area contributed by atoms with E-state index in [2.05, 4.69) is 40.7 Å². The topological polar surface area (TPSA) is 267 Å². The van der Waals surface area contributed by atoms with E-state index < -0.39 is 115 Å². The molecule has 0 aromatic heterocycles. The molecule has 3 saturated heterocycles. The SMILES string of the molecule is CC(=O)O[C@@H]1[C@@H](O)[C@H](O[C@H]2[C@@H](O)[C@H](O[C@H]3[C@H](OC4CCC5(C)C(CCC6(C)C5CC=C5C7CC(C)(C)CCC7(C(=O)O)CCC56C)C4(C)CO)OC[C@H](O)[C@@H]3O)O[C@@H](C)[C@H]2O)OC[C@H]1OC(C)=O. The summed E-state index contributed by atoms with van der Waals surface area (Å²) in [4.78, 5) is 36.8. The fourth-order valence-electron chi connectivity index (χ4n) is 15.2. The minimum absolute atomic E-state index is 0.00715. The molecule has 4 saturated carbocycles. The van der Waals surface area contributed by atoms with Crippen molar-refractivity contribution in [2.75, 3.05) is 19.8 Å². The van der Waals surface area contributed by atoms with Gasteiger partial charge in [-0.1, -0.05) is 53.2 Å². The standard InChI is InChI=1S/C50H78O18/c1-24-34(55)39(67-41-36(57)38(65-26(3)53)30(22-62-41)64-25(2)52)37(58)42(63-24)68-40-35(56)29(54)21-61-43(40)66-33-13-14-46(6)31(47(33,7)23-51)12-15-49(9)32(46)11-10-27-28-20-45(4,5)16-18-50(28,44(59)60)19-17-48(27,49)8/h10,24,28-43,51,54-58H,11-23H2,1-9H3,(H,59,60)/t24-,28?,29-,30+,31?,32?,33?,34+,35-,36+,37+,38-,39+,40+,41-,42-,43-,46?,47?,48?,49?,50?/m0/s1. The number of hydrogen-bond donors (Lipinski definition) is 7. The molecule has 0 amide bonds. The van der Waals surface area contributed by atoms with Crippen LogP contribution in [0.2, 0.25) is 0 Å². The summed E-state index contributed by atoms with van der Waals surface area (Å²) in [6, 6.07) is 0. The van der Waals surface area contributed by atoms with Crippen LogP contribution in [0.5, 0.6) is 0 Å². The summed E-state index contributed by atoms with van der Waals surface area (Å²) in [5, 5.41) is 78.7. The van der Waals surface area contributed by atoms with Crippen LogP contribution >= 0.6 is 0 Å². The third kappa shape index (κ3) is 8.49. The molecule has 9 unspecified atom stereocenters. The number of aliphatic hydroxyl groups is 6. The molecule has 0 bridgehead atoms. The van der Waals surface area contributed by atoms with E-state index in [1.165, 1.54) is 12.5 Å². The fraction of sp³-hybridized carbons (Fsp3) is 0.900. The maximum atomic E-state index is 13.2. The highest BCUT2D eigenvalue weighted by Crippen LogP contribution is 2.76. The van der Waals surface area contributed by atoms with Crippen LogP contribution in [0.4, 0.5) is 0 Å². The maximum Gasteiger partial charge on any atom is 0.310 e. The molecule has 386 valence electrons. The highest BCUT2D eigenvalue weighted by Gasteiger charge is 2.70. The molecule has 0 aromatic carbocycles. The highest BCUT2D eigenvalue weighted by molar-refractivity contribution is 5.76. The van der Waals surface area contributed by atoms with Gasteiger partial charge in [0, 0.05) is 19.3 Å². The Kier molecular flexibility index (Phi) is 14.2. The van der Waals surface area contributed by atoms with Gasteiger partial charge in [0.05, 0.1) is 37.4 Å². The van der Waals surface area contributed by atoms with Crippen molar-refractivity contribution >= 4 is 17.9 Å². The van der Waals surface area contributed by atoms with E-state index in [1.54, 1.807) is 0 Å². The van der Waals surface area contributed by atoms with E-state index in [1.807, 2.05) is 6.92 Å². The normalized spacial score (nSPS) is 51.1. The number of carbonyl (C=O) groups excluding carboxylic acids is 2. The summed E-state index contributed by atoms with van der Waals surface area (Å²) in [6.07, 6.45) is -9.52. The second-order valence-electron chi connectivity index (χ2n) is 23.6. The lowest BCUT2D eigenvalue weighted by Crippen LogP contribution is -2.67. The quantitative estimate of drug-likeness (QED) is 0.0942. The van der Waals surface area contributed by atoms with E-state index in [0.29, 0.717) is 19.3 Å². The zero-order valence-electron chi connectivity index (χ0n) is 41.2. The Morgan fingerprint density at radius 2 is 1.35 bits per heavy atom. The number of allylic oxidation sites excluding steroid dienone is 2. The van der Waals surface area contributed by atoms with Gasteiger partial charge in [-0.3, -0.25) is 14.4 Å². The number of rotatable bonds is 10. The molecule has 5 aliphatic carbocycles. The van der Waals surface area contributed by atoms with Crippen LogP contribution in [0, 0.1) is 50.2 Å². The van der Waals surface area contributed by atoms with Crippen molar-refractivity contribution in [3.05, 3.63) is 11.6 Å². The van der Waals surface area contributed by atoms with Crippen molar-refractivity contribution in [2.45, 2.75) is 213 Å². The minimum atomic E-state index is -1.79. The number of aliphatic carboxylic acids is 1. The fourth-order valence-corrected chi connectivity index (χ4v) is 15.2. The molecule has 3 aliphatic heterocycles. The second kappa shape index (κ2) is 18.6. The third-order valence-electron chi connectivity index (χ3n) is 19.3. The van der Waals surface area contributed by atoms with E-state index in [-0.39, 0.29) is 59.2 Å². The zero-order valence-corrected chi connectivity index (χ0v) is 41.2. The number of carboxylic acids is 1. The van der Waals surface area contributed by atoms with Gasteiger partial charge in [-0.15, -0.1) is 0 Å². The predicted octanol–water partition coefficient (Wildman–Crippen LogP) is 3.13. The smallest absolute Gasteiger partial charge is 0.310 e. The number of carbonyl (C=O) groups is 3. The molecular formula is C50H78O18. The molecule has 18 heteroatoms. The zero-order chi connectivity index (χ0) is 49.7. The summed E-state index contributed by atoms with van der Waals surface area (Å²) in [6.45, 7) is 16.7. The molecular weight excluding hydrogens is 889 g/mol. The largest absolute Gasteiger partial charge is 0.481 e. The summed E-state index contributed by atoms with van der Waals surface area (Å²) in [5.74, 6) is -1.89. The number of carboxylic acid groups (broad SMARTS) is 1. The van der Waals surface area contributed by atoms with Gasteiger partial charge in [-0.05, 0) is 111 Å². The highest BCUT2D eigenvalue weighted by atomic mass is 16.8. The van der Waals surface area contributed by atoms with E-state index in [4.69, 9.17) is 37.9 Å². The number of esters is 2. The summed E-state index contributed by atoms with van der Waals surface area (Å²) in [7, 11) is 0. The van der Waals surface area contributed by atoms with Gasteiger partial charge < -0.3 is 73.6 Å². The van der Waals surface area contributed by atoms with Crippen molar-refractivity contribution in [2.24, 2.45) is 50.2 Å². The molecule has 8 aliphatic rings. The van der Waals surface area contributed by atoms with Crippen molar-refractivity contribution in [3.63, 3.8) is 0 Å². The van der Waals surface area contributed by atoms with E-state index >= 15 is 0 Å². The molecule has 7 fully saturated rings. The maximum absolute atomic E-state index is 13.2. The first-order chi connectivity index (χ1) is 31.8. The molecule has 8 rings (SSSR count). The molecule has 0 spiro atoms. The Morgan fingerprint density at radius 1 is 0.706 bits per heavy atom. The first-order valence-corrected chi connectivity index (χ1v) is 24.9. The van der Waals surface area contributed by atoms with Crippen LogP contribution in [-0.4, -0.2) is 159 Å². The molecule has 22 atom stereocenters. The molecule has 0 aromatic rings. The van der Waals surface area contributed by atoms with Crippen LogP contribution in [-0.2, 0) is 52.3 Å². The lowest BCUT2D eigenvalue weighted by molar-refractivity contribution is -0.379. The van der Waals surface area contributed by atoms with Gasteiger partial charge in [0.2, 0.25) is 0 Å². The molecule has 68 heavy (non-hydrogen) atoms. The first-order valence-electron chi connectivity index (χ1n) is 24.9. The van der Waals surface area contributed by atoms with E-state index in [9.17, 15) is 50.1 Å². The third-order valence-corrected chi connectivity index (χ3v) is 19.3. The van der Waals surface area contributed by atoms with Gasteiger partial charge >= 0.3 is 17.9 Å². The van der Waals surface area contributed by atoms with Crippen molar-refractivity contribution in [1.29, 1.82) is 0 Å². The van der Waals surface area contributed by atoms with Crippen LogP contribution in [0.1, 0.15) is 127 Å². The Bertz CT molecular complexity index is 1930. The Labute approximate surface area is 399 Å². The molecule has 3 heterocycles. The number of ether oxygens (including phenoxy) is 8. The molecule has 0 radical (unpaired) electrons. The Hall–Kier alpha value is -2.33. The van der Waals surface area contributed by atoms with Crippen LogP contribution in [0.3, 0.4) is 0 Å². The van der Waals surface area contributed by atoms with Crippen LogP contribution in [0.25, 0.3) is 0 Å². The average Bonchev–Trinajstić information content (AvgIpc) is 3.26. The summed E-state index contributed by atoms with van der Waals surface area (Å²) in [5.41, 5.74) is -0.641. The van der Waals surface area contributed by atoms with Crippen LogP contribution in [0.15, 0.2) is 11.6 Å². The average molecular weight is 967 g/mol. The number of fused-ring (bicyclic) bond motifs is 7. The van der Waals surface area contributed by atoms with Crippen molar-refractivity contribution in [1.82, 2.24) is 0 Å². The van der Waals surface area contributed by atoms with Gasteiger partial charge in [0.25, 0.3) is 0 Å². The minimum Gasteiger partial charge on any atom is -0.481 e. The van der Waals surface area contributed by atoms with Gasteiger partial charge in [0.1, 0.15) is 42.7 Å². The van der Waals surface area contributed by atoms with E-state index in [0.717, 1.165) is 58.8 Å². The van der Waals surface area contributed by atoms with Gasteiger partial charge in [0.15, 0.2) is 31.1 Å². The van der Waals surface area contributed by atoms with Crippen molar-refractivity contribution in [3.8, 4) is 0 Å². The van der Waals surface area contributed by atoms with Crippen LogP contribution < -0.4 is 0 Å². The lowest BCUT2D eigenvalue weighted by atomic mass is 9.33. The first kappa shape index (κ1) is 52.0.